The third-order valence-corrected chi connectivity index (χ3v) is 3.99. The first-order chi connectivity index (χ1) is 12.5. The SMILES string of the molecule is CNc1c(F)c(N2CCC(NC(=O)OC(C)(C)C)C2)c(F)c(F)c1C(=O)O. The topological polar surface area (TPSA) is 90.9 Å². The van der Waals surface area contributed by atoms with Crippen molar-refractivity contribution in [2.45, 2.75) is 38.8 Å². The summed E-state index contributed by atoms with van der Waals surface area (Å²) in [5, 5.41) is 13.9. The quantitative estimate of drug-likeness (QED) is 0.686. The predicted octanol–water partition coefficient (Wildman–Crippen LogP) is 2.95. The highest BCUT2D eigenvalue weighted by Gasteiger charge is 2.34. The van der Waals surface area contributed by atoms with Crippen molar-refractivity contribution in [3.8, 4) is 0 Å². The predicted molar refractivity (Wildman–Crippen MR) is 92.8 cm³/mol. The van der Waals surface area contributed by atoms with Gasteiger partial charge in [0.25, 0.3) is 0 Å². The minimum Gasteiger partial charge on any atom is -0.478 e. The summed E-state index contributed by atoms with van der Waals surface area (Å²) in [6.45, 7) is 5.25. The zero-order valence-corrected chi connectivity index (χ0v) is 15.5. The number of carbonyl (C=O) groups is 2. The third-order valence-electron chi connectivity index (χ3n) is 3.99. The normalized spacial score (nSPS) is 17.0. The standard InChI is InChI=1S/C17H22F3N3O4/c1-17(2,3)27-16(26)22-8-5-6-23(7-8)14-11(19)10(18)9(15(24)25)13(21-4)12(14)20/h8,21H,5-7H2,1-4H3,(H,22,26)(H,24,25). The van der Waals surface area contributed by atoms with Gasteiger partial charge in [0.15, 0.2) is 17.5 Å². The largest absolute Gasteiger partial charge is 0.478 e. The molecule has 0 saturated carbocycles. The fourth-order valence-corrected chi connectivity index (χ4v) is 2.92. The number of benzene rings is 1. The molecule has 1 aliphatic heterocycles. The summed E-state index contributed by atoms with van der Waals surface area (Å²) in [6, 6.07) is -0.459. The Morgan fingerprint density at radius 3 is 2.33 bits per heavy atom. The van der Waals surface area contributed by atoms with Crippen molar-refractivity contribution in [1.82, 2.24) is 5.32 Å². The smallest absolute Gasteiger partial charge is 0.407 e. The Balaban J connectivity index is 2.26. The highest BCUT2D eigenvalue weighted by atomic mass is 19.2. The second-order valence-corrected chi connectivity index (χ2v) is 7.17. The van der Waals surface area contributed by atoms with Crippen LogP contribution >= 0.6 is 0 Å². The lowest BCUT2D eigenvalue weighted by Crippen LogP contribution is -2.40. The van der Waals surface area contributed by atoms with Crippen molar-refractivity contribution < 1.29 is 32.6 Å². The van der Waals surface area contributed by atoms with Gasteiger partial charge in [-0.2, -0.15) is 0 Å². The summed E-state index contributed by atoms with van der Waals surface area (Å²) < 4.78 is 48.5. The van der Waals surface area contributed by atoms with Gasteiger partial charge in [-0.15, -0.1) is 0 Å². The molecule has 1 atom stereocenters. The van der Waals surface area contributed by atoms with Crippen molar-refractivity contribution in [2.24, 2.45) is 0 Å². The molecule has 1 saturated heterocycles. The number of amides is 1. The summed E-state index contributed by atoms with van der Waals surface area (Å²) in [5.74, 6) is -6.22. The first-order valence-electron chi connectivity index (χ1n) is 8.32. The fourth-order valence-electron chi connectivity index (χ4n) is 2.92. The van der Waals surface area contributed by atoms with E-state index >= 15 is 0 Å². The van der Waals surface area contributed by atoms with E-state index in [9.17, 15) is 22.8 Å². The molecule has 10 heteroatoms. The monoisotopic (exact) mass is 389 g/mol. The van der Waals surface area contributed by atoms with E-state index in [-0.39, 0.29) is 13.1 Å². The van der Waals surface area contributed by atoms with E-state index in [0.717, 1.165) is 0 Å². The van der Waals surface area contributed by atoms with E-state index in [4.69, 9.17) is 9.84 Å². The van der Waals surface area contributed by atoms with Crippen LogP contribution < -0.4 is 15.5 Å². The van der Waals surface area contributed by atoms with Crippen LogP contribution in [0.5, 0.6) is 0 Å². The van der Waals surface area contributed by atoms with Crippen molar-refractivity contribution in [3.05, 3.63) is 23.0 Å². The molecular weight excluding hydrogens is 367 g/mol. The van der Waals surface area contributed by atoms with Crippen LogP contribution in [0.15, 0.2) is 0 Å². The number of halogens is 3. The highest BCUT2D eigenvalue weighted by molar-refractivity contribution is 5.96. The van der Waals surface area contributed by atoms with Crippen LogP contribution in [0, 0.1) is 17.5 Å². The van der Waals surface area contributed by atoms with Gasteiger partial charge < -0.3 is 25.4 Å². The minimum atomic E-state index is -1.79. The lowest BCUT2D eigenvalue weighted by Gasteiger charge is -2.24. The van der Waals surface area contributed by atoms with Gasteiger partial charge in [-0.1, -0.05) is 0 Å². The van der Waals surface area contributed by atoms with E-state index in [1.165, 1.54) is 11.9 Å². The van der Waals surface area contributed by atoms with Crippen molar-refractivity contribution in [2.75, 3.05) is 30.4 Å². The zero-order valence-electron chi connectivity index (χ0n) is 15.5. The fraction of sp³-hybridized carbons (Fsp3) is 0.529. The zero-order chi connectivity index (χ0) is 20.5. The van der Waals surface area contributed by atoms with Gasteiger partial charge in [0.05, 0.1) is 11.7 Å². The van der Waals surface area contributed by atoms with E-state index in [1.54, 1.807) is 20.8 Å². The molecule has 1 amide bonds. The van der Waals surface area contributed by atoms with Crippen LogP contribution in [0.25, 0.3) is 0 Å². The molecule has 0 radical (unpaired) electrons. The van der Waals surface area contributed by atoms with Gasteiger partial charge in [-0.05, 0) is 27.2 Å². The summed E-state index contributed by atoms with van der Waals surface area (Å²) in [6.07, 6.45) is -0.311. The van der Waals surface area contributed by atoms with Gasteiger partial charge in [0.2, 0.25) is 0 Å². The molecular formula is C17H22F3N3O4. The Hall–Kier alpha value is -2.65. The number of alkyl carbamates (subject to hydrolysis) is 1. The molecule has 1 heterocycles. The Morgan fingerprint density at radius 2 is 1.81 bits per heavy atom. The number of anilines is 2. The summed E-state index contributed by atoms with van der Waals surface area (Å²) in [4.78, 5) is 24.2. The summed E-state index contributed by atoms with van der Waals surface area (Å²) in [5.41, 5.74) is -3.10. The molecule has 27 heavy (non-hydrogen) atoms. The van der Waals surface area contributed by atoms with Crippen molar-refractivity contribution in [1.29, 1.82) is 0 Å². The molecule has 0 aromatic heterocycles. The molecule has 0 aliphatic carbocycles. The molecule has 1 aromatic rings. The molecule has 0 bridgehead atoms. The molecule has 150 valence electrons. The van der Waals surface area contributed by atoms with Crippen LogP contribution in [0.3, 0.4) is 0 Å². The van der Waals surface area contributed by atoms with Gasteiger partial charge >= 0.3 is 12.1 Å². The Labute approximate surface area is 154 Å². The maximum atomic E-state index is 14.7. The van der Waals surface area contributed by atoms with Crippen LogP contribution in [0.4, 0.5) is 29.3 Å². The third kappa shape index (κ3) is 4.37. The number of nitrogens with zero attached hydrogens (tertiary/aromatic N) is 1. The van der Waals surface area contributed by atoms with Crippen molar-refractivity contribution >= 4 is 23.4 Å². The molecule has 1 aromatic carbocycles. The van der Waals surface area contributed by atoms with Gasteiger partial charge in [0, 0.05) is 20.1 Å². The lowest BCUT2D eigenvalue weighted by molar-refractivity contribution is 0.0508. The Kier molecular flexibility index (Phi) is 5.76. The number of ether oxygens (including phenoxy) is 1. The average Bonchev–Trinajstić information content (AvgIpc) is 2.96. The number of carbonyl (C=O) groups excluding carboxylic acids is 1. The number of hydrogen-bond acceptors (Lipinski definition) is 5. The molecule has 1 unspecified atom stereocenters. The molecule has 1 fully saturated rings. The number of aromatic carboxylic acids is 1. The van der Waals surface area contributed by atoms with Gasteiger partial charge in [-0.3, -0.25) is 0 Å². The molecule has 3 N–H and O–H groups in total. The summed E-state index contributed by atoms with van der Waals surface area (Å²) in [7, 11) is 1.21. The van der Waals surface area contributed by atoms with Crippen molar-refractivity contribution in [3.63, 3.8) is 0 Å². The Morgan fingerprint density at radius 1 is 1.19 bits per heavy atom. The number of hydrogen-bond donors (Lipinski definition) is 3. The first kappa shape index (κ1) is 20.7. The second-order valence-electron chi connectivity index (χ2n) is 7.17. The molecule has 1 aliphatic rings. The number of nitrogens with one attached hydrogen (secondary N) is 2. The highest BCUT2D eigenvalue weighted by Crippen LogP contribution is 2.36. The van der Waals surface area contributed by atoms with E-state index in [0.29, 0.717) is 6.42 Å². The second kappa shape index (κ2) is 7.53. The van der Waals surface area contributed by atoms with Crippen LogP contribution in [0.2, 0.25) is 0 Å². The minimum absolute atomic E-state index is 0.0160. The van der Waals surface area contributed by atoms with E-state index < -0.39 is 58.1 Å². The lowest BCUT2D eigenvalue weighted by atomic mass is 10.1. The summed E-state index contributed by atoms with van der Waals surface area (Å²) >= 11 is 0. The average molecular weight is 389 g/mol. The van der Waals surface area contributed by atoms with Crippen LogP contribution in [-0.2, 0) is 4.74 Å². The number of carboxylic acids is 1. The first-order valence-corrected chi connectivity index (χ1v) is 8.32. The van der Waals surface area contributed by atoms with Gasteiger partial charge in [-0.25, -0.2) is 22.8 Å². The molecule has 2 rings (SSSR count). The maximum absolute atomic E-state index is 14.7. The Bertz CT molecular complexity index is 765. The van der Waals surface area contributed by atoms with E-state index in [2.05, 4.69) is 10.6 Å². The molecule has 7 nitrogen and oxygen atoms in total. The van der Waals surface area contributed by atoms with Gasteiger partial charge in [0.1, 0.15) is 16.9 Å². The number of carboxylic acid groups (broad SMARTS) is 1. The number of rotatable bonds is 4. The van der Waals surface area contributed by atoms with E-state index in [1.807, 2.05) is 0 Å². The van der Waals surface area contributed by atoms with Crippen LogP contribution in [-0.4, -0.2) is 48.9 Å². The maximum Gasteiger partial charge on any atom is 0.407 e. The van der Waals surface area contributed by atoms with Crippen LogP contribution in [0.1, 0.15) is 37.6 Å². The molecule has 0 spiro atoms.